The molecule has 0 unspecified atom stereocenters. The second kappa shape index (κ2) is 11.2. The maximum atomic E-state index is 13.7. The van der Waals surface area contributed by atoms with E-state index in [0.717, 1.165) is 5.56 Å². The molecule has 0 heterocycles. The van der Waals surface area contributed by atoms with E-state index in [2.05, 4.69) is 5.32 Å². The Morgan fingerprint density at radius 1 is 0.906 bits per heavy atom. The molecule has 3 rings (SSSR count). The Kier molecular flexibility index (Phi) is 8.05. The first kappa shape index (κ1) is 23.1. The van der Waals surface area contributed by atoms with Gasteiger partial charge in [0.2, 0.25) is 5.91 Å². The number of carbonyl (C=O) groups excluding carboxylic acids is 2. The molecule has 3 aromatic carbocycles. The van der Waals surface area contributed by atoms with Crippen molar-refractivity contribution in [3.63, 3.8) is 0 Å². The first-order valence-electron chi connectivity index (χ1n) is 10.1. The summed E-state index contributed by atoms with van der Waals surface area (Å²) in [6, 6.07) is 18.3. The number of nitrogens with zero attached hydrogens (tertiary/aromatic N) is 1. The third kappa shape index (κ3) is 6.46. The predicted octanol–water partition coefficient (Wildman–Crippen LogP) is 4.12. The van der Waals surface area contributed by atoms with Gasteiger partial charge in [0.1, 0.15) is 11.6 Å². The van der Waals surface area contributed by atoms with E-state index in [1.165, 1.54) is 41.3 Å². The molecule has 0 spiro atoms. The number of amides is 2. The van der Waals surface area contributed by atoms with Crippen LogP contribution in [0.4, 0.5) is 14.5 Å². The summed E-state index contributed by atoms with van der Waals surface area (Å²) in [5.41, 5.74) is 2.10. The summed E-state index contributed by atoms with van der Waals surface area (Å²) in [6.07, 6.45) is 0.186. The highest BCUT2D eigenvalue weighted by atomic mass is 19.1. The Labute approximate surface area is 185 Å². The molecule has 0 bridgehead atoms. The molecule has 1 N–H and O–H groups in total. The lowest BCUT2D eigenvalue weighted by Crippen LogP contribution is -2.30. The minimum Gasteiger partial charge on any atom is -0.383 e. The van der Waals surface area contributed by atoms with Gasteiger partial charge in [-0.3, -0.25) is 9.59 Å². The van der Waals surface area contributed by atoms with Crippen LogP contribution in [-0.4, -0.2) is 32.1 Å². The van der Waals surface area contributed by atoms with Crippen LogP contribution in [0.1, 0.15) is 21.5 Å². The van der Waals surface area contributed by atoms with Crippen molar-refractivity contribution in [3.05, 3.63) is 101 Å². The van der Waals surface area contributed by atoms with E-state index in [0.29, 0.717) is 24.4 Å². The van der Waals surface area contributed by atoms with Gasteiger partial charge in [-0.2, -0.15) is 0 Å². The summed E-state index contributed by atoms with van der Waals surface area (Å²) in [5, 5.41) is 2.75. The number of halogens is 2. The van der Waals surface area contributed by atoms with Gasteiger partial charge in [-0.25, -0.2) is 8.78 Å². The molecule has 0 radical (unpaired) electrons. The fraction of sp³-hybridized carbons (Fsp3) is 0.200. The van der Waals surface area contributed by atoms with E-state index >= 15 is 0 Å². The Bertz CT molecular complexity index is 1070. The second-order valence-electron chi connectivity index (χ2n) is 7.22. The van der Waals surface area contributed by atoms with Crippen LogP contribution in [0.3, 0.4) is 0 Å². The molecular formula is C25H24F2N2O3. The Morgan fingerprint density at radius 3 is 2.25 bits per heavy atom. The fourth-order valence-corrected chi connectivity index (χ4v) is 3.21. The lowest BCUT2D eigenvalue weighted by molar-refractivity contribution is -0.120. The van der Waals surface area contributed by atoms with E-state index < -0.39 is 17.5 Å². The van der Waals surface area contributed by atoms with Crippen LogP contribution < -0.4 is 10.2 Å². The van der Waals surface area contributed by atoms with Crippen LogP contribution in [0.25, 0.3) is 0 Å². The third-order valence-electron chi connectivity index (χ3n) is 4.79. The zero-order chi connectivity index (χ0) is 22.9. The van der Waals surface area contributed by atoms with Crippen molar-refractivity contribution in [3.8, 4) is 0 Å². The lowest BCUT2D eigenvalue weighted by Gasteiger charge is -2.23. The van der Waals surface area contributed by atoms with E-state index in [9.17, 15) is 18.4 Å². The van der Waals surface area contributed by atoms with E-state index in [1.54, 1.807) is 43.5 Å². The summed E-state index contributed by atoms with van der Waals surface area (Å²) < 4.78 is 32.3. The second-order valence-corrected chi connectivity index (χ2v) is 7.22. The normalized spacial score (nSPS) is 10.6. The number of hydrogen-bond donors (Lipinski definition) is 1. The van der Waals surface area contributed by atoms with Gasteiger partial charge in [0.15, 0.2) is 0 Å². The molecule has 2 amide bonds. The SMILES string of the molecule is COCCNC(=O)Cc1ccc(N(Cc2cccc(F)c2)C(=O)c2cccc(F)c2)cc1. The van der Waals surface area contributed by atoms with Crippen molar-refractivity contribution in [1.82, 2.24) is 5.32 Å². The van der Waals surface area contributed by atoms with Gasteiger partial charge in [-0.1, -0.05) is 30.3 Å². The Balaban J connectivity index is 1.82. The van der Waals surface area contributed by atoms with Crippen LogP contribution in [0.15, 0.2) is 72.8 Å². The molecule has 0 aliphatic heterocycles. The molecular weight excluding hydrogens is 414 g/mol. The van der Waals surface area contributed by atoms with E-state index in [-0.39, 0.29) is 24.4 Å². The number of hydrogen-bond acceptors (Lipinski definition) is 3. The molecule has 7 heteroatoms. The molecule has 0 saturated carbocycles. The van der Waals surface area contributed by atoms with Gasteiger partial charge in [0.25, 0.3) is 5.91 Å². The van der Waals surface area contributed by atoms with Gasteiger partial charge in [-0.15, -0.1) is 0 Å². The van der Waals surface area contributed by atoms with Crippen molar-refractivity contribution in [2.24, 2.45) is 0 Å². The van der Waals surface area contributed by atoms with Crippen molar-refractivity contribution < 1.29 is 23.1 Å². The van der Waals surface area contributed by atoms with Crippen molar-refractivity contribution in [2.45, 2.75) is 13.0 Å². The minimum atomic E-state index is -0.517. The highest BCUT2D eigenvalue weighted by molar-refractivity contribution is 6.06. The Morgan fingerprint density at radius 2 is 1.59 bits per heavy atom. The number of carbonyl (C=O) groups is 2. The standard InChI is InChI=1S/C25H24F2N2O3/c1-32-13-12-28-24(30)15-18-8-10-23(11-9-18)29(17-19-4-2-6-21(26)14-19)25(31)20-5-3-7-22(27)16-20/h2-11,14,16H,12-13,15,17H2,1H3,(H,28,30). The lowest BCUT2D eigenvalue weighted by atomic mass is 10.1. The molecule has 32 heavy (non-hydrogen) atoms. The van der Waals surface area contributed by atoms with Crippen molar-refractivity contribution in [2.75, 3.05) is 25.2 Å². The first-order valence-corrected chi connectivity index (χ1v) is 10.1. The summed E-state index contributed by atoms with van der Waals surface area (Å²) in [7, 11) is 1.56. The summed E-state index contributed by atoms with van der Waals surface area (Å²) in [6.45, 7) is 0.961. The van der Waals surface area contributed by atoms with Crippen molar-refractivity contribution >= 4 is 17.5 Å². The largest absolute Gasteiger partial charge is 0.383 e. The summed E-state index contributed by atoms with van der Waals surface area (Å²) in [4.78, 5) is 26.6. The molecule has 0 aliphatic carbocycles. The van der Waals surface area contributed by atoms with E-state index in [4.69, 9.17) is 4.74 Å². The average Bonchev–Trinajstić information content (AvgIpc) is 2.78. The smallest absolute Gasteiger partial charge is 0.258 e. The molecule has 0 atom stereocenters. The maximum Gasteiger partial charge on any atom is 0.258 e. The van der Waals surface area contributed by atoms with Crippen LogP contribution in [0.5, 0.6) is 0 Å². The molecule has 0 aromatic heterocycles. The maximum absolute atomic E-state index is 13.7. The van der Waals surface area contributed by atoms with E-state index in [1.807, 2.05) is 0 Å². The molecule has 166 valence electrons. The molecule has 0 fully saturated rings. The number of methoxy groups -OCH3 is 1. The zero-order valence-corrected chi connectivity index (χ0v) is 17.7. The van der Waals surface area contributed by atoms with Crippen LogP contribution in [-0.2, 0) is 22.5 Å². The number of anilines is 1. The van der Waals surface area contributed by atoms with Crippen LogP contribution in [0.2, 0.25) is 0 Å². The number of ether oxygens (including phenoxy) is 1. The Hall–Kier alpha value is -3.58. The zero-order valence-electron chi connectivity index (χ0n) is 17.7. The van der Waals surface area contributed by atoms with Gasteiger partial charge in [0, 0.05) is 24.9 Å². The highest BCUT2D eigenvalue weighted by Gasteiger charge is 2.19. The van der Waals surface area contributed by atoms with Gasteiger partial charge < -0.3 is 15.0 Å². The van der Waals surface area contributed by atoms with Gasteiger partial charge in [-0.05, 0) is 53.6 Å². The molecule has 3 aromatic rings. The molecule has 5 nitrogen and oxygen atoms in total. The first-order chi connectivity index (χ1) is 15.5. The topological polar surface area (TPSA) is 58.6 Å². The van der Waals surface area contributed by atoms with Crippen LogP contribution in [0, 0.1) is 11.6 Å². The predicted molar refractivity (Wildman–Crippen MR) is 118 cm³/mol. The molecule has 0 aliphatic rings. The monoisotopic (exact) mass is 438 g/mol. The fourth-order valence-electron chi connectivity index (χ4n) is 3.21. The summed E-state index contributed by atoms with van der Waals surface area (Å²) in [5.74, 6) is -1.48. The number of benzene rings is 3. The van der Waals surface area contributed by atoms with Crippen molar-refractivity contribution in [1.29, 1.82) is 0 Å². The average molecular weight is 438 g/mol. The molecule has 0 saturated heterocycles. The quantitative estimate of drug-likeness (QED) is 0.512. The minimum absolute atomic E-state index is 0.101. The van der Waals surface area contributed by atoms with Crippen LogP contribution >= 0.6 is 0 Å². The summed E-state index contributed by atoms with van der Waals surface area (Å²) >= 11 is 0. The third-order valence-corrected chi connectivity index (χ3v) is 4.79. The van der Waals surface area contributed by atoms with Gasteiger partial charge in [0.05, 0.1) is 19.6 Å². The number of nitrogens with one attached hydrogen (secondary N) is 1. The highest BCUT2D eigenvalue weighted by Crippen LogP contribution is 2.22. The number of rotatable bonds is 9. The van der Waals surface area contributed by atoms with Gasteiger partial charge >= 0.3 is 0 Å².